The van der Waals surface area contributed by atoms with E-state index in [9.17, 15) is 0 Å². The summed E-state index contributed by atoms with van der Waals surface area (Å²) in [6.07, 6.45) is 1.20. The molecule has 1 fully saturated rings. The van der Waals surface area contributed by atoms with Crippen molar-refractivity contribution in [1.82, 2.24) is 10.2 Å². The molecule has 20 heavy (non-hydrogen) atoms. The second-order valence-corrected chi connectivity index (χ2v) is 6.10. The quantitative estimate of drug-likeness (QED) is 0.895. The van der Waals surface area contributed by atoms with Gasteiger partial charge < -0.3 is 10.1 Å². The Balaban J connectivity index is 2.02. The molecule has 112 valence electrons. The molecule has 0 saturated carbocycles. The van der Waals surface area contributed by atoms with Crippen molar-refractivity contribution in [3.8, 4) is 5.75 Å². The maximum Gasteiger partial charge on any atom is 0.118 e. The zero-order chi connectivity index (χ0) is 14.5. The monoisotopic (exact) mass is 276 g/mol. The number of nitrogens with one attached hydrogen (secondary N) is 1. The lowest BCUT2D eigenvalue weighted by molar-refractivity contribution is 0.103. The Morgan fingerprint density at radius 3 is 2.55 bits per heavy atom. The third-order valence-electron chi connectivity index (χ3n) is 4.38. The predicted octanol–water partition coefficient (Wildman–Crippen LogP) is 2.90. The van der Waals surface area contributed by atoms with E-state index in [-0.39, 0.29) is 0 Å². The summed E-state index contributed by atoms with van der Waals surface area (Å²) in [5.41, 5.74) is 1.37. The molecule has 1 aromatic carbocycles. The van der Waals surface area contributed by atoms with Crippen LogP contribution in [0.15, 0.2) is 24.3 Å². The van der Waals surface area contributed by atoms with Crippen LogP contribution in [0, 0.1) is 5.92 Å². The molecule has 0 bridgehead atoms. The van der Waals surface area contributed by atoms with E-state index in [4.69, 9.17) is 4.74 Å². The molecule has 1 heterocycles. The van der Waals surface area contributed by atoms with E-state index in [1.165, 1.54) is 12.0 Å². The van der Waals surface area contributed by atoms with E-state index in [2.05, 4.69) is 55.3 Å². The van der Waals surface area contributed by atoms with Crippen molar-refractivity contribution in [3.05, 3.63) is 29.8 Å². The number of benzene rings is 1. The first-order valence-corrected chi connectivity index (χ1v) is 7.74. The summed E-state index contributed by atoms with van der Waals surface area (Å²) < 4.78 is 5.23. The van der Waals surface area contributed by atoms with Gasteiger partial charge in [0.25, 0.3) is 0 Å². The SMILES string of the molecule is CCC1CNC(C(C)C)CN1Cc1ccc(OC)cc1. The van der Waals surface area contributed by atoms with E-state index >= 15 is 0 Å². The standard InChI is InChI=1S/C17H28N2O/c1-5-15-10-18-17(13(2)3)12-19(15)11-14-6-8-16(20-4)9-7-14/h6-9,13,15,17-18H,5,10-12H2,1-4H3. The molecule has 0 radical (unpaired) electrons. The van der Waals surface area contributed by atoms with Crippen LogP contribution < -0.4 is 10.1 Å². The average molecular weight is 276 g/mol. The van der Waals surface area contributed by atoms with Gasteiger partial charge in [-0.05, 0) is 30.0 Å². The highest BCUT2D eigenvalue weighted by Crippen LogP contribution is 2.19. The number of hydrogen-bond donors (Lipinski definition) is 1. The molecular formula is C17H28N2O. The lowest BCUT2D eigenvalue weighted by Gasteiger charge is -2.41. The van der Waals surface area contributed by atoms with Gasteiger partial charge in [-0.15, -0.1) is 0 Å². The molecule has 0 spiro atoms. The number of hydrogen-bond acceptors (Lipinski definition) is 3. The van der Waals surface area contributed by atoms with Gasteiger partial charge in [0.15, 0.2) is 0 Å². The second-order valence-electron chi connectivity index (χ2n) is 6.10. The maximum absolute atomic E-state index is 5.23. The molecule has 1 saturated heterocycles. The molecular weight excluding hydrogens is 248 g/mol. The number of nitrogens with zero attached hydrogens (tertiary/aromatic N) is 1. The van der Waals surface area contributed by atoms with E-state index in [1.54, 1.807) is 7.11 Å². The Morgan fingerprint density at radius 1 is 1.30 bits per heavy atom. The molecule has 1 aliphatic heterocycles. The molecule has 1 N–H and O–H groups in total. The normalized spacial score (nSPS) is 24.1. The molecule has 3 heteroatoms. The molecule has 0 aromatic heterocycles. The van der Waals surface area contributed by atoms with Gasteiger partial charge in [-0.3, -0.25) is 4.90 Å². The second kappa shape index (κ2) is 7.09. The first-order chi connectivity index (χ1) is 9.63. The van der Waals surface area contributed by atoms with Gasteiger partial charge in [-0.2, -0.15) is 0 Å². The summed E-state index contributed by atoms with van der Waals surface area (Å²) in [5, 5.41) is 3.69. The van der Waals surface area contributed by atoms with Crippen LogP contribution in [-0.2, 0) is 6.54 Å². The number of rotatable bonds is 5. The highest BCUT2D eigenvalue weighted by atomic mass is 16.5. The highest BCUT2D eigenvalue weighted by Gasteiger charge is 2.28. The summed E-state index contributed by atoms with van der Waals surface area (Å²) in [4.78, 5) is 2.63. The van der Waals surface area contributed by atoms with Gasteiger partial charge in [-0.25, -0.2) is 0 Å². The Kier molecular flexibility index (Phi) is 5.44. The van der Waals surface area contributed by atoms with E-state index in [0.717, 1.165) is 25.4 Å². The minimum Gasteiger partial charge on any atom is -0.497 e. The lowest BCUT2D eigenvalue weighted by atomic mass is 9.98. The molecule has 2 atom stereocenters. The van der Waals surface area contributed by atoms with Crippen molar-refractivity contribution < 1.29 is 4.74 Å². The van der Waals surface area contributed by atoms with Crippen LogP contribution in [0.2, 0.25) is 0 Å². The molecule has 0 amide bonds. The average Bonchev–Trinajstić information content (AvgIpc) is 2.48. The van der Waals surface area contributed by atoms with Crippen LogP contribution in [0.1, 0.15) is 32.8 Å². The van der Waals surface area contributed by atoms with Crippen LogP contribution in [-0.4, -0.2) is 37.2 Å². The Bertz CT molecular complexity index is 402. The third-order valence-corrected chi connectivity index (χ3v) is 4.38. The summed E-state index contributed by atoms with van der Waals surface area (Å²) in [6, 6.07) is 9.72. The zero-order valence-corrected chi connectivity index (χ0v) is 13.2. The first-order valence-electron chi connectivity index (χ1n) is 7.74. The topological polar surface area (TPSA) is 24.5 Å². The summed E-state index contributed by atoms with van der Waals surface area (Å²) in [7, 11) is 1.71. The van der Waals surface area contributed by atoms with Gasteiger partial charge in [0.1, 0.15) is 5.75 Å². The van der Waals surface area contributed by atoms with Crippen LogP contribution in [0.4, 0.5) is 0 Å². The molecule has 3 nitrogen and oxygen atoms in total. The van der Waals surface area contributed by atoms with Gasteiger partial charge >= 0.3 is 0 Å². The molecule has 1 aromatic rings. The van der Waals surface area contributed by atoms with E-state index in [1.807, 2.05) is 0 Å². The summed E-state index contributed by atoms with van der Waals surface area (Å²) in [6.45, 7) is 10.2. The maximum atomic E-state index is 5.23. The van der Waals surface area contributed by atoms with Crippen molar-refractivity contribution >= 4 is 0 Å². The molecule has 2 rings (SSSR count). The Morgan fingerprint density at radius 2 is 2.00 bits per heavy atom. The highest BCUT2D eigenvalue weighted by molar-refractivity contribution is 5.27. The fourth-order valence-electron chi connectivity index (χ4n) is 2.89. The molecule has 2 unspecified atom stereocenters. The van der Waals surface area contributed by atoms with Crippen molar-refractivity contribution in [3.63, 3.8) is 0 Å². The van der Waals surface area contributed by atoms with Crippen molar-refractivity contribution in [2.24, 2.45) is 5.92 Å². The molecule has 0 aliphatic carbocycles. The van der Waals surface area contributed by atoms with Crippen LogP contribution in [0.25, 0.3) is 0 Å². The van der Waals surface area contributed by atoms with Gasteiger partial charge in [0.05, 0.1) is 7.11 Å². The minimum atomic E-state index is 0.607. The van der Waals surface area contributed by atoms with Crippen LogP contribution in [0.5, 0.6) is 5.75 Å². The van der Waals surface area contributed by atoms with Gasteiger partial charge in [0.2, 0.25) is 0 Å². The number of piperazine rings is 1. The smallest absolute Gasteiger partial charge is 0.118 e. The Labute approximate surface area is 123 Å². The fraction of sp³-hybridized carbons (Fsp3) is 0.647. The lowest BCUT2D eigenvalue weighted by Crippen LogP contribution is -2.57. The number of methoxy groups -OCH3 is 1. The summed E-state index contributed by atoms with van der Waals surface area (Å²) in [5.74, 6) is 1.62. The molecule has 1 aliphatic rings. The minimum absolute atomic E-state index is 0.607. The van der Waals surface area contributed by atoms with Crippen molar-refractivity contribution in [2.45, 2.75) is 45.8 Å². The largest absolute Gasteiger partial charge is 0.497 e. The van der Waals surface area contributed by atoms with Crippen molar-refractivity contribution in [1.29, 1.82) is 0 Å². The number of ether oxygens (including phenoxy) is 1. The van der Waals surface area contributed by atoms with Crippen LogP contribution >= 0.6 is 0 Å². The zero-order valence-electron chi connectivity index (χ0n) is 13.2. The van der Waals surface area contributed by atoms with Gasteiger partial charge in [-0.1, -0.05) is 32.9 Å². The van der Waals surface area contributed by atoms with E-state index < -0.39 is 0 Å². The summed E-state index contributed by atoms with van der Waals surface area (Å²) >= 11 is 0. The third kappa shape index (κ3) is 3.74. The van der Waals surface area contributed by atoms with Gasteiger partial charge in [0, 0.05) is 31.7 Å². The van der Waals surface area contributed by atoms with E-state index in [0.29, 0.717) is 18.0 Å². The van der Waals surface area contributed by atoms with Crippen molar-refractivity contribution in [2.75, 3.05) is 20.2 Å². The predicted molar refractivity (Wildman–Crippen MR) is 84.1 cm³/mol. The fourth-order valence-corrected chi connectivity index (χ4v) is 2.89. The van der Waals surface area contributed by atoms with Crippen LogP contribution in [0.3, 0.4) is 0 Å². The Hall–Kier alpha value is -1.06. The first kappa shape index (κ1) is 15.3.